The van der Waals surface area contributed by atoms with Gasteiger partial charge in [0.1, 0.15) is 11.9 Å². The van der Waals surface area contributed by atoms with Crippen molar-refractivity contribution in [1.82, 2.24) is 15.0 Å². The van der Waals surface area contributed by atoms with E-state index in [2.05, 4.69) is 20.3 Å². The van der Waals surface area contributed by atoms with Gasteiger partial charge < -0.3 is 25.8 Å². The van der Waals surface area contributed by atoms with Gasteiger partial charge in [0, 0.05) is 18.8 Å². The zero-order chi connectivity index (χ0) is 20.4. The van der Waals surface area contributed by atoms with Crippen LogP contribution >= 0.6 is 0 Å². The van der Waals surface area contributed by atoms with E-state index in [0.717, 1.165) is 0 Å². The molecule has 1 aromatic carbocycles. The van der Waals surface area contributed by atoms with Gasteiger partial charge in [0.2, 0.25) is 0 Å². The second-order valence-corrected chi connectivity index (χ2v) is 6.64. The smallest absolute Gasteiger partial charge is 0.278 e. The summed E-state index contributed by atoms with van der Waals surface area (Å²) < 4.78 is 6.09. The summed E-state index contributed by atoms with van der Waals surface area (Å²) >= 11 is 0. The highest BCUT2D eigenvalue weighted by Gasteiger charge is 2.22. The number of nitrogens with zero attached hydrogens (tertiary/aromatic N) is 4. The van der Waals surface area contributed by atoms with Crippen molar-refractivity contribution in [2.45, 2.75) is 6.10 Å². The first-order chi connectivity index (χ1) is 14.1. The molecule has 9 nitrogen and oxygen atoms in total. The summed E-state index contributed by atoms with van der Waals surface area (Å²) in [5.41, 5.74) is 8.22. The fourth-order valence-electron chi connectivity index (χ4n) is 3.19. The molecule has 4 rings (SSSR count). The number of benzene rings is 1. The van der Waals surface area contributed by atoms with E-state index in [9.17, 15) is 9.90 Å². The minimum Gasteiger partial charge on any atom is -0.485 e. The Balaban J connectivity index is 1.89. The second-order valence-electron chi connectivity index (χ2n) is 6.64. The molecule has 4 N–H and O–H groups in total. The molecule has 2 aromatic heterocycles. The Morgan fingerprint density at radius 1 is 1.31 bits per heavy atom. The molecule has 1 atom stereocenters. The number of nitrogen functional groups attached to an aromatic ring is 1. The van der Waals surface area contributed by atoms with Gasteiger partial charge in [-0.05, 0) is 18.2 Å². The number of amides is 1. The van der Waals surface area contributed by atoms with Crippen LogP contribution in [0.2, 0.25) is 0 Å². The maximum atomic E-state index is 12.9. The summed E-state index contributed by atoms with van der Waals surface area (Å²) in [4.78, 5) is 27.4. The van der Waals surface area contributed by atoms with Crippen LogP contribution in [0.3, 0.4) is 0 Å². The first-order valence-electron chi connectivity index (χ1n) is 9.02. The monoisotopic (exact) mass is 392 g/mol. The molecule has 1 aliphatic heterocycles. The number of rotatable bonds is 1. The summed E-state index contributed by atoms with van der Waals surface area (Å²) in [7, 11) is 1.84. The number of para-hydroxylation sites is 1. The van der Waals surface area contributed by atoms with Crippen LogP contribution in [0.4, 0.5) is 17.2 Å². The number of hydrogen-bond donors (Lipinski definition) is 3. The van der Waals surface area contributed by atoms with E-state index in [1.54, 1.807) is 24.5 Å². The highest BCUT2D eigenvalue weighted by Crippen LogP contribution is 2.31. The SMILES string of the molecule is CN1C[C@@H](CO)Oc2ccccc2-c2cnc(N)c(n2)C(=O)Nc2cnccc21. The maximum Gasteiger partial charge on any atom is 0.278 e. The van der Waals surface area contributed by atoms with E-state index >= 15 is 0 Å². The molecule has 0 saturated carbocycles. The van der Waals surface area contributed by atoms with Gasteiger partial charge in [0.25, 0.3) is 5.91 Å². The normalized spacial score (nSPS) is 16.3. The van der Waals surface area contributed by atoms with Crippen LogP contribution in [0, 0.1) is 0 Å². The van der Waals surface area contributed by atoms with Crippen molar-refractivity contribution in [2.75, 3.05) is 36.1 Å². The van der Waals surface area contributed by atoms with Crippen LogP contribution in [0.15, 0.2) is 48.9 Å². The van der Waals surface area contributed by atoms with Crippen molar-refractivity contribution in [1.29, 1.82) is 0 Å². The molecule has 29 heavy (non-hydrogen) atoms. The van der Waals surface area contributed by atoms with E-state index in [-0.39, 0.29) is 18.1 Å². The number of nitrogens with one attached hydrogen (secondary N) is 1. The lowest BCUT2D eigenvalue weighted by molar-refractivity contribution is 0.102. The molecule has 3 aromatic rings. The van der Waals surface area contributed by atoms with Gasteiger partial charge in [-0.3, -0.25) is 9.78 Å². The van der Waals surface area contributed by atoms with Crippen molar-refractivity contribution >= 4 is 23.1 Å². The number of carbonyl (C=O) groups excluding carboxylic acids is 1. The van der Waals surface area contributed by atoms with E-state index < -0.39 is 12.0 Å². The predicted octanol–water partition coefficient (Wildman–Crippen LogP) is 1.56. The molecule has 0 unspecified atom stereocenters. The molecule has 0 saturated heterocycles. The first kappa shape index (κ1) is 18.6. The number of aromatic nitrogens is 3. The fourth-order valence-corrected chi connectivity index (χ4v) is 3.19. The van der Waals surface area contributed by atoms with Crippen molar-refractivity contribution in [3.8, 4) is 17.0 Å². The number of carbonyl (C=O) groups is 1. The van der Waals surface area contributed by atoms with Gasteiger partial charge in [-0.2, -0.15) is 0 Å². The summed E-state index contributed by atoms with van der Waals surface area (Å²) in [6.45, 7) is 0.188. The van der Waals surface area contributed by atoms with Gasteiger partial charge in [-0.1, -0.05) is 12.1 Å². The molecular weight excluding hydrogens is 372 g/mol. The molecule has 0 aliphatic carbocycles. The molecular formula is C20H20N6O3. The van der Waals surface area contributed by atoms with Gasteiger partial charge in [0.05, 0.1) is 42.6 Å². The average molecular weight is 392 g/mol. The molecule has 0 fully saturated rings. The average Bonchev–Trinajstić information content (AvgIpc) is 2.74. The Morgan fingerprint density at radius 2 is 2.14 bits per heavy atom. The molecule has 0 spiro atoms. The lowest BCUT2D eigenvalue weighted by atomic mass is 10.1. The fraction of sp³-hybridized carbons (Fsp3) is 0.200. The molecule has 9 heteroatoms. The number of ether oxygens (including phenoxy) is 1. The highest BCUT2D eigenvalue weighted by molar-refractivity contribution is 6.07. The number of nitrogens with two attached hydrogens (primary N) is 1. The number of aliphatic hydroxyl groups excluding tert-OH is 1. The molecule has 148 valence electrons. The van der Waals surface area contributed by atoms with Crippen molar-refractivity contribution < 1.29 is 14.6 Å². The molecule has 1 amide bonds. The Morgan fingerprint density at radius 3 is 2.97 bits per heavy atom. The van der Waals surface area contributed by atoms with E-state index in [1.165, 1.54) is 6.20 Å². The number of hydrogen-bond acceptors (Lipinski definition) is 8. The topological polar surface area (TPSA) is 126 Å². The Kier molecular flexibility index (Phi) is 4.96. The molecule has 2 bridgehead atoms. The van der Waals surface area contributed by atoms with Crippen molar-refractivity contribution in [3.05, 3.63) is 54.6 Å². The third kappa shape index (κ3) is 3.67. The molecule has 3 heterocycles. The zero-order valence-electron chi connectivity index (χ0n) is 15.7. The highest BCUT2D eigenvalue weighted by atomic mass is 16.5. The lowest BCUT2D eigenvalue weighted by Gasteiger charge is -2.27. The second kappa shape index (κ2) is 7.72. The Labute approximate surface area is 167 Å². The predicted molar refractivity (Wildman–Crippen MR) is 109 cm³/mol. The van der Waals surface area contributed by atoms with E-state index in [0.29, 0.717) is 34.9 Å². The van der Waals surface area contributed by atoms with Crippen LogP contribution in [-0.2, 0) is 0 Å². The van der Waals surface area contributed by atoms with Crippen molar-refractivity contribution in [3.63, 3.8) is 0 Å². The quantitative estimate of drug-likeness (QED) is 0.570. The zero-order valence-corrected chi connectivity index (χ0v) is 15.7. The summed E-state index contributed by atoms with van der Waals surface area (Å²) in [5, 5.41) is 12.7. The minimum absolute atomic E-state index is 0.00714. The standard InChI is InChI=1S/C20H20N6O3/c1-26-10-12(11-27)29-17-5-3-2-4-13(17)14-9-23-19(21)18(24-14)20(28)25-15-8-22-7-6-16(15)26/h2-9,12,27H,10-11H2,1H3,(H2,21,23)(H,25,28)/t12-/m0/s1. The Bertz CT molecular complexity index is 1060. The largest absolute Gasteiger partial charge is 0.485 e. The van der Waals surface area contributed by atoms with Gasteiger partial charge in [-0.25, -0.2) is 9.97 Å². The first-order valence-corrected chi connectivity index (χ1v) is 9.02. The van der Waals surface area contributed by atoms with E-state index in [4.69, 9.17) is 10.5 Å². The van der Waals surface area contributed by atoms with Crippen LogP contribution in [0.25, 0.3) is 11.3 Å². The van der Waals surface area contributed by atoms with Crippen molar-refractivity contribution in [2.24, 2.45) is 0 Å². The van der Waals surface area contributed by atoms with Crippen LogP contribution < -0.4 is 20.7 Å². The van der Waals surface area contributed by atoms with Gasteiger partial charge in [-0.15, -0.1) is 0 Å². The van der Waals surface area contributed by atoms with E-state index in [1.807, 2.05) is 30.1 Å². The van der Waals surface area contributed by atoms with Gasteiger partial charge >= 0.3 is 0 Å². The minimum atomic E-state index is -0.514. The third-order valence-corrected chi connectivity index (χ3v) is 4.61. The summed E-state index contributed by atoms with van der Waals surface area (Å²) in [5.74, 6) is 0.0574. The lowest BCUT2D eigenvalue weighted by Crippen LogP contribution is -2.36. The number of fused-ring (bicyclic) bond motifs is 5. The summed E-state index contributed by atoms with van der Waals surface area (Å²) in [6.07, 6.45) is 4.14. The molecule has 1 aliphatic rings. The van der Waals surface area contributed by atoms with Crippen LogP contribution in [-0.4, -0.2) is 52.3 Å². The van der Waals surface area contributed by atoms with Crippen LogP contribution in [0.1, 0.15) is 10.5 Å². The number of anilines is 3. The number of likely N-dealkylation sites (N-methyl/N-ethyl adjacent to an activating group) is 1. The number of aliphatic hydroxyl groups is 1. The summed E-state index contributed by atoms with van der Waals surface area (Å²) in [6, 6.07) is 9.03. The molecule has 0 radical (unpaired) electrons. The maximum absolute atomic E-state index is 12.9. The Hall–Kier alpha value is -3.72. The van der Waals surface area contributed by atoms with Gasteiger partial charge in [0.15, 0.2) is 11.5 Å². The third-order valence-electron chi connectivity index (χ3n) is 4.61. The van der Waals surface area contributed by atoms with Crippen LogP contribution in [0.5, 0.6) is 5.75 Å². The number of pyridine rings is 1.